The number of nitrogens with zero attached hydrogens (tertiary/aromatic N) is 3. The van der Waals surface area contributed by atoms with E-state index < -0.39 is 0 Å². The lowest BCUT2D eigenvalue weighted by Crippen LogP contribution is -2.34. The Hall–Kier alpha value is -4.01. The molecule has 0 aliphatic carbocycles. The van der Waals surface area contributed by atoms with E-state index in [0.717, 1.165) is 40.4 Å². The van der Waals surface area contributed by atoms with Gasteiger partial charge in [0.1, 0.15) is 18.2 Å². The molecular formula is C25H30N6O3. The Labute approximate surface area is 198 Å². The summed E-state index contributed by atoms with van der Waals surface area (Å²) in [7, 11) is 2.04. The lowest BCUT2D eigenvalue weighted by Gasteiger charge is -2.28. The molecule has 3 aromatic rings. The van der Waals surface area contributed by atoms with E-state index in [0.29, 0.717) is 31.1 Å². The number of rotatable bonds is 7. The first-order valence-electron chi connectivity index (χ1n) is 11.2. The number of carbonyl (C=O) groups excluding carboxylic acids is 1. The maximum Gasteiger partial charge on any atom is 0.272 e. The molecule has 1 aromatic carbocycles. The molecule has 0 unspecified atom stereocenters. The maximum atomic E-state index is 13.1. The van der Waals surface area contributed by atoms with E-state index in [4.69, 9.17) is 10.5 Å². The first-order chi connectivity index (χ1) is 16.3. The number of aryl methyl sites for hydroxylation is 2. The second kappa shape index (κ2) is 9.86. The Bertz CT molecular complexity index is 1270. The monoisotopic (exact) mass is 462 g/mol. The van der Waals surface area contributed by atoms with Crippen LogP contribution < -0.4 is 31.7 Å². The van der Waals surface area contributed by atoms with Crippen molar-refractivity contribution in [1.82, 2.24) is 15.0 Å². The minimum atomic E-state index is -0.241. The standard InChI is InChI=1S/C25H30N6O3/c1-16-8-9-31(28-14-18-4-6-21-22(12-18)34-11-10-30(21)3)25(33)20(16)13-24(32)27-15-19-5-7-23(26)29-17(19)2/h4-9,12,28H,10-11,13-15H2,1-3H3,(H2,26,29)(H,27,32). The summed E-state index contributed by atoms with van der Waals surface area (Å²) in [6, 6.07) is 11.4. The van der Waals surface area contributed by atoms with E-state index in [9.17, 15) is 9.59 Å². The van der Waals surface area contributed by atoms with E-state index in [-0.39, 0.29) is 17.9 Å². The predicted molar refractivity (Wildman–Crippen MR) is 133 cm³/mol. The number of aromatic nitrogens is 2. The van der Waals surface area contributed by atoms with Crippen LogP contribution in [0.4, 0.5) is 11.5 Å². The van der Waals surface area contributed by atoms with E-state index in [1.165, 1.54) is 4.68 Å². The van der Waals surface area contributed by atoms with Crippen LogP contribution in [0.2, 0.25) is 0 Å². The Kier molecular flexibility index (Phi) is 6.72. The number of nitrogen functional groups attached to an aromatic ring is 1. The van der Waals surface area contributed by atoms with Gasteiger partial charge in [-0.2, -0.15) is 0 Å². The molecular weight excluding hydrogens is 432 g/mol. The number of benzene rings is 1. The van der Waals surface area contributed by atoms with Crippen LogP contribution in [0.1, 0.15) is 27.9 Å². The van der Waals surface area contributed by atoms with Crippen molar-refractivity contribution in [1.29, 1.82) is 0 Å². The highest BCUT2D eigenvalue weighted by atomic mass is 16.5. The number of nitrogens with one attached hydrogen (secondary N) is 2. The van der Waals surface area contributed by atoms with Gasteiger partial charge in [0.25, 0.3) is 5.56 Å². The number of likely N-dealkylation sites (N-methyl/N-ethyl adjacent to an activating group) is 1. The molecule has 0 fully saturated rings. The van der Waals surface area contributed by atoms with Crippen molar-refractivity contribution in [2.45, 2.75) is 33.4 Å². The van der Waals surface area contributed by atoms with Crippen molar-refractivity contribution >= 4 is 17.4 Å². The number of hydrogen-bond acceptors (Lipinski definition) is 7. The van der Waals surface area contributed by atoms with Gasteiger partial charge in [-0.1, -0.05) is 12.1 Å². The van der Waals surface area contributed by atoms with E-state index in [1.54, 1.807) is 12.3 Å². The van der Waals surface area contributed by atoms with Crippen LogP contribution in [0.25, 0.3) is 0 Å². The van der Waals surface area contributed by atoms with Gasteiger partial charge in [0, 0.05) is 31.0 Å². The molecule has 0 radical (unpaired) electrons. The zero-order valence-electron chi connectivity index (χ0n) is 19.7. The minimum Gasteiger partial charge on any atom is -0.490 e. The van der Waals surface area contributed by atoms with Crippen molar-refractivity contribution in [2.24, 2.45) is 0 Å². The van der Waals surface area contributed by atoms with Crippen LogP contribution in [0.5, 0.6) is 5.75 Å². The van der Waals surface area contributed by atoms with Gasteiger partial charge in [-0.25, -0.2) is 9.66 Å². The van der Waals surface area contributed by atoms with Crippen LogP contribution in [-0.2, 0) is 24.3 Å². The number of ether oxygens (including phenoxy) is 1. The van der Waals surface area contributed by atoms with Gasteiger partial charge in [-0.15, -0.1) is 0 Å². The Morgan fingerprint density at radius 2 is 2.00 bits per heavy atom. The molecule has 1 aliphatic rings. The first kappa shape index (κ1) is 23.2. The second-order valence-electron chi connectivity index (χ2n) is 8.49. The maximum absolute atomic E-state index is 13.1. The molecule has 0 bridgehead atoms. The minimum absolute atomic E-state index is 0.00629. The van der Waals surface area contributed by atoms with Crippen molar-refractivity contribution in [3.05, 3.63) is 80.9 Å². The number of hydrogen-bond donors (Lipinski definition) is 3. The summed E-state index contributed by atoms with van der Waals surface area (Å²) in [6.45, 7) is 5.95. The van der Waals surface area contributed by atoms with Crippen molar-refractivity contribution < 1.29 is 9.53 Å². The molecule has 2 aromatic heterocycles. The van der Waals surface area contributed by atoms with Crippen molar-refractivity contribution in [2.75, 3.05) is 36.3 Å². The molecule has 9 heteroatoms. The van der Waals surface area contributed by atoms with Gasteiger partial charge in [-0.3, -0.25) is 9.59 Å². The second-order valence-corrected chi connectivity index (χ2v) is 8.49. The Morgan fingerprint density at radius 3 is 2.79 bits per heavy atom. The predicted octanol–water partition coefficient (Wildman–Crippen LogP) is 1.87. The van der Waals surface area contributed by atoms with Gasteiger partial charge < -0.3 is 26.1 Å². The summed E-state index contributed by atoms with van der Waals surface area (Å²) in [5, 5.41) is 2.87. The van der Waals surface area contributed by atoms with Gasteiger partial charge in [0.05, 0.1) is 25.2 Å². The molecule has 4 rings (SSSR count). The lowest BCUT2D eigenvalue weighted by atomic mass is 10.1. The topological polar surface area (TPSA) is 115 Å². The van der Waals surface area contributed by atoms with Crippen molar-refractivity contribution in [3.8, 4) is 5.75 Å². The van der Waals surface area contributed by atoms with E-state index >= 15 is 0 Å². The SMILES string of the molecule is Cc1ccn(NCc2ccc3c(c2)OCCN3C)c(=O)c1CC(=O)NCc1ccc(N)nc1C. The van der Waals surface area contributed by atoms with Crippen LogP contribution in [0.3, 0.4) is 0 Å². The highest BCUT2D eigenvalue weighted by Gasteiger charge is 2.16. The molecule has 4 N–H and O–H groups in total. The molecule has 0 saturated carbocycles. The number of anilines is 2. The van der Waals surface area contributed by atoms with Gasteiger partial charge >= 0.3 is 0 Å². The normalized spacial score (nSPS) is 12.6. The fourth-order valence-corrected chi connectivity index (χ4v) is 3.91. The van der Waals surface area contributed by atoms with E-state index in [2.05, 4.69) is 20.6 Å². The summed E-state index contributed by atoms with van der Waals surface area (Å²) in [4.78, 5) is 32.0. The highest BCUT2D eigenvalue weighted by molar-refractivity contribution is 5.78. The molecule has 1 amide bonds. The molecule has 9 nitrogen and oxygen atoms in total. The lowest BCUT2D eigenvalue weighted by molar-refractivity contribution is -0.120. The quantitative estimate of drug-likeness (QED) is 0.491. The molecule has 1 aliphatic heterocycles. The number of carbonyl (C=O) groups is 1. The fraction of sp³-hybridized carbons (Fsp3) is 0.320. The zero-order valence-corrected chi connectivity index (χ0v) is 19.7. The summed E-state index contributed by atoms with van der Waals surface area (Å²) in [5.41, 5.74) is 13.5. The average molecular weight is 463 g/mol. The number of nitrogens with two attached hydrogens (primary N) is 1. The largest absolute Gasteiger partial charge is 0.490 e. The molecule has 0 atom stereocenters. The number of fused-ring (bicyclic) bond motifs is 1. The van der Waals surface area contributed by atoms with Crippen LogP contribution in [0.15, 0.2) is 47.4 Å². The fourth-order valence-electron chi connectivity index (χ4n) is 3.91. The van der Waals surface area contributed by atoms with E-state index in [1.807, 2.05) is 51.2 Å². The third-order valence-corrected chi connectivity index (χ3v) is 6.03. The molecule has 178 valence electrons. The number of amides is 1. The van der Waals surface area contributed by atoms with Gasteiger partial charge in [0.15, 0.2) is 0 Å². The summed E-state index contributed by atoms with van der Waals surface area (Å²) >= 11 is 0. The summed E-state index contributed by atoms with van der Waals surface area (Å²) in [6.07, 6.45) is 1.68. The van der Waals surface area contributed by atoms with Gasteiger partial charge in [0.2, 0.25) is 5.91 Å². The molecule has 34 heavy (non-hydrogen) atoms. The third kappa shape index (κ3) is 5.14. The number of pyridine rings is 2. The Morgan fingerprint density at radius 1 is 1.18 bits per heavy atom. The van der Waals surface area contributed by atoms with Crippen molar-refractivity contribution in [3.63, 3.8) is 0 Å². The molecule has 0 saturated heterocycles. The highest BCUT2D eigenvalue weighted by Crippen LogP contribution is 2.31. The smallest absolute Gasteiger partial charge is 0.272 e. The van der Waals surface area contributed by atoms with Gasteiger partial charge in [-0.05, 0) is 54.8 Å². The average Bonchev–Trinajstić information content (AvgIpc) is 2.81. The third-order valence-electron chi connectivity index (χ3n) is 6.03. The molecule has 3 heterocycles. The Balaban J connectivity index is 1.41. The summed E-state index contributed by atoms with van der Waals surface area (Å²) < 4.78 is 7.19. The van der Waals surface area contributed by atoms with Crippen LogP contribution in [-0.4, -0.2) is 35.8 Å². The van der Waals surface area contributed by atoms with Crippen LogP contribution >= 0.6 is 0 Å². The molecule has 0 spiro atoms. The zero-order chi connectivity index (χ0) is 24.2. The summed E-state index contributed by atoms with van der Waals surface area (Å²) in [5.74, 6) is 1.05. The van der Waals surface area contributed by atoms with Crippen LogP contribution in [0, 0.1) is 13.8 Å². The first-order valence-corrected chi connectivity index (χ1v) is 11.2.